The SMILES string of the molecule is CNc1ncc(I)nc1C. The fourth-order valence-electron chi connectivity index (χ4n) is 0.699. The predicted octanol–water partition coefficient (Wildman–Crippen LogP) is 1.43. The molecule has 0 aromatic carbocycles. The third kappa shape index (κ3) is 1.56. The van der Waals surface area contributed by atoms with Gasteiger partial charge in [0.25, 0.3) is 0 Å². The summed E-state index contributed by atoms with van der Waals surface area (Å²) in [6.45, 7) is 1.93. The summed E-state index contributed by atoms with van der Waals surface area (Å²) in [5.41, 5.74) is 0.939. The number of halogens is 1. The lowest BCUT2D eigenvalue weighted by atomic mass is 10.4. The molecule has 1 N–H and O–H groups in total. The molecular weight excluding hydrogens is 241 g/mol. The molecule has 54 valence electrons. The summed E-state index contributed by atoms with van der Waals surface area (Å²) < 4.78 is 0.925. The molecule has 10 heavy (non-hydrogen) atoms. The summed E-state index contributed by atoms with van der Waals surface area (Å²) >= 11 is 2.14. The van der Waals surface area contributed by atoms with E-state index in [4.69, 9.17) is 0 Å². The van der Waals surface area contributed by atoms with Gasteiger partial charge in [0.05, 0.1) is 11.9 Å². The second-order valence-corrected chi connectivity index (χ2v) is 2.98. The van der Waals surface area contributed by atoms with E-state index in [2.05, 4.69) is 37.9 Å². The molecule has 0 atom stereocenters. The van der Waals surface area contributed by atoms with Crippen LogP contribution in [-0.2, 0) is 0 Å². The summed E-state index contributed by atoms with van der Waals surface area (Å²) in [5, 5.41) is 2.95. The highest BCUT2D eigenvalue weighted by molar-refractivity contribution is 14.1. The first-order valence-corrected chi connectivity index (χ1v) is 3.99. The van der Waals surface area contributed by atoms with Crippen LogP contribution < -0.4 is 5.32 Å². The summed E-state index contributed by atoms with van der Waals surface area (Å²) in [4.78, 5) is 8.32. The average Bonchev–Trinajstić information content (AvgIpc) is 1.88. The maximum absolute atomic E-state index is 4.21. The lowest BCUT2D eigenvalue weighted by Crippen LogP contribution is -1.98. The zero-order chi connectivity index (χ0) is 7.56. The summed E-state index contributed by atoms with van der Waals surface area (Å²) in [6.07, 6.45) is 1.74. The molecule has 0 bridgehead atoms. The van der Waals surface area contributed by atoms with Crippen molar-refractivity contribution in [1.82, 2.24) is 9.97 Å². The largest absolute Gasteiger partial charge is 0.372 e. The Morgan fingerprint density at radius 3 is 2.80 bits per heavy atom. The highest BCUT2D eigenvalue weighted by Crippen LogP contribution is 2.08. The predicted molar refractivity (Wildman–Crippen MR) is 49.0 cm³/mol. The van der Waals surface area contributed by atoms with Crippen molar-refractivity contribution in [2.24, 2.45) is 0 Å². The van der Waals surface area contributed by atoms with Gasteiger partial charge in [-0.05, 0) is 29.5 Å². The topological polar surface area (TPSA) is 37.8 Å². The van der Waals surface area contributed by atoms with E-state index in [9.17, 15) is 0 Å². The molecule has 1 heterocycles. The Morgan fingerprint density at radius 2 is 2.30 bits per heavy atom. The van der Waals surface area contributed by atoms with Crippen LogP contribution in [-0.4, -0.2) is 17.0 Å². The van der Waals surface area contributed by atoms with Crippen LogP contribution in [0.15, 0.2) is 6.20 Å². The van der Waals surface area contributed by atoms with Crippen LogP contribution in [0.2, 0.25) is 0 Å². The van der Waals surface area contributed by atoms with Gasteiger partial charge in [0.15, 0.2) is 0 Å². The number of nitrogens with one attached hydrogen (secondary N) is 1. The van der Waals surface area contributed by atoms with Gasteiger partial charge in [-0.25, -0.2) is 9.97 Å². The molecule has 0 unspecified atom stereocenters. The summed E-state index contributed by atoms with van der Waals surface area (Å²) in [7, 11) is 1.84. The zero-order valence-corrected chi connectivity index (χ0v) is 8.01. The monoisotopic (exact) mass is 249 g/mol. The maximum atomic E-state index is 4.21. The molecule has 0 spiro atoms. The molecule has 3 nitrogen and oxygen atoms in total. The lowest BCUT2D eigenvalue weighted by molar-refractivity contribution is 1.08. The van der Waals surface area contributed by atoms with E-state index in [1.165, 1.54) is 0 Å². The number of hydrogen-bond donors (Lipinski definition) is 1. The van der Waals surface area contributed by atoms with E-state index in [1.54, 1.807) is 6.20 Å². The summed E-state index contributed by atoms with van der Waals surface area (Å²) in [6, 6.07) is 0. The standard InChI is InChI=1S/C6H8IN3/c1-4-6(8-2)9-3-5(7)10-4/h3H,1-2H3,(H,8,9). The smallest absolute Gasteiger partial charge is 0.147 e. The van der Waals surface area contributed by atoms with Gasteiger partial charge in [0.2, 0.25) is 0 Å². The Labute approximate surface area is 73.4 Å². The second-order valence-electron chi connectivity index (χ2n) is 1.88. The van der Waals surface area contributed by atoms with Crippen molar-refractivity contribution in [2.75, 3.05) is 12.4 Å². The van der Waals surface area contributed by atoms with Crippen LogP contribution in [0.4, 0.5) is 5.82 Å². The molecule has 4 heteroatoms. The van der Waals surface area contributed by atoms with Crippen LogP contribution in [0.5, 0.6) is 0 Å². The van der Waals surface area contributed by atoms with Crippen molar-refractivity contribution in [3.8, 4) is 0 Å². The number of anilines is 1. The van der Waals surface area contributed by atoms with Crippen molar-refractivity contribution in [3.05, 3.63) is 15.6 Å². The van der Waals surface area contributed by atoms with Gasteiger partial charge in [0.1, 0.15) is 9.52 Å². The van der Waals surface area contributed by atoms with E-state index in [-0.39, 0.29) is 0 Å². The Bertz CT molecular complexity index is 236. The van der Waals surface area contributed by atoms with E-state index in [0.717, 1.165) is 15.2 Å². The van der Waals surface area contributed by atoms with Gasteiger partial charge < -0.3 is 5.32 Å². The maximum Gasteiger partial charge on any atom is 0.147 e. The minimum atomic E-state index is 0.848. The van der Waals surface area contributed by atoms with Crippen LogP contribution in [0.3, 0.4) is 0 Å². The molecule has 0 radical (unpaired) electrons. The van der Waals surface area contributed by atoms with Crippen LogP contribution in [0.1, 0.15) is 5.69 Å². The Kier molecular flexibility index (Phi) is 2.42. The van der Waals surface area contributed by atoms with Crippen LogP contribution >= 0.6 is 22.6 Å². The van der Waals surface area contributed by atoms with E-state index >= 15 is 0 Å². The number of rotatable bonds is 1. The fourth-order valence-corrected chi connectivity index (χ4v) is 1.20. The average molecular weight is 249 g/mol. The van der Waals surface area contributed by atoms with Crippen LogP contribution in [0, 0.1) is 10.6 Å². The molecule has 0 saturated heterocycles. The second kappa shape index (κ2) is 3.14. The number of hydrogen-bond acceptors (Lipinski definition) is 3. The van der Waals surface area contributed by atoms with Crippen LogP contribution in [0.25, 0.3) is 0 Å². The Balaban J connectivity index is 3.07. The highest BCUT2D eigenvalue weighted by atomic mass is 127. The third-order valence-electron chi connectivity index (χ3n) is 1.15. The molecule has 0 fully saturated rings. The van der Waals surface area contributed by atoms with Gasteiger partial charge in [-0.15, -0.1) is 0 Å². The van der Waals surface area contributed by atoms with Crippen molar-refractivity contribution < 1.29 is 0 Å². The molecule has 0 saturated carbocycles. The van der Waals surface area contributed by atoms with Crippen molar-refractivity contribution >= 4 is 28.4 Å². The molecule has 1 rings (SSSR count). The fraction of sp³-hybridized carbons (Fsp3) is 0.333. The van der Waals surface area contributed by atoms with Gasteiger partial charge >= 0.3 is 0 Å². The Morgan fingerprint density at radius 1 is 1.60 bits per heavy atom. The minimum Gasteiger partial charge on any atom is -0.372 e. The minimum absolute atomic E-state index is 0.848. The van der Waals surface area contributed by atoms with Gasteiger partial charge in [-0.1, -0.05) is 0 Å². The third-order valence-corrected chi connectivity index (χ3v) is 1.67. The van der Waals surface area contributed by atoms with Gasteiger partial charge in [0, 0.05) is 7.05 Å². The van der Waals surface area contributed by atoms with Crippen molar-refractivity contribution in [2.45, 2.75) is 6.92 Å². The molecular formula is C6H8IN3. The van der Waals surface area contributed by atoms with Gasteiger partial charge in [-0.2, -0.15) is 0 Å². The molecule has 0 amide bonds. The lowest BCUT2D eigenvalue weighted by Gasteiger charge is -2.01. The quantitative estimate of drug-likeness (QED) is 0.765. The van der Waals surface area contributed by atoms with Gasteiger partial charge in [-0.3, -0.25) is 0 Å². The van der Waals surface area contributed by atoms with E-state index < -0.39 is 0 Å². The van der Waals surface area contributed by atoms with Crippen molar-refractivity contribution in [1.29, 1.82) is 0 Å². The first-order valence-electron chi connectivity index (χ1n) is 2.91. The molecule has 0 aliphatic rings. The summed E-state index contributed by atoms with van der Waals surface area (Å²) in [5.74, 6) is 0.848. The normalized spacial score (nSPS) is 9.50. The van der Waals surface area contributed by atoms with E-state index in [1.807, 2.05) is 14.0 Å². The Hall–Kier alpha value is -0.390. The van der Waals surface area contributed by atoms with Crippen molar-refractivity contribution in [3.63, 3.8) is 0 Å². The number of nitrogens with zero attached hydrogens (tertiary/aromatic N) is 2. The number of aryl methyl sites for hydroxylation is 1. The van der Waals surface area contributed by atoms with E-state index in [0.29, 0.717) is 0 Å². The first-order chi connectivity index (χ1) is 4.74. The molecule has 0 aliphatic carbocycles. The number of aromatic nitrogens is 2. The molecule has 0 aliphatic heterocycles. The molecule has 1 aromatic rings. The molecule has 1 aromatic heterocycles. The zero-order valence-electron chi connectivity index (χ0n) is 5.85. The first kappa shape index (κ1) is 7.71. The highest BCUT2D eigenvalue weighted by Gasteiger charge is 1.97.